The Bertz CT molecular complexity index is 1790. The first kappa shape index (κ1) is 52.7. The first-order chi connectivity index (χ1) is 31.4. The number of morpholine rings is 1. The minimum Gasteiger partial charge on any atom is -0.463 e. The number of carbonyl (C=O) groups excluding carboxylic acids is 5. The molecule has 0 spiro atoms. The third kappa shape index (κ3) is 16.5. The highest BCUT2D eigenvalue weighted by molar-refractivity contribution is 6.03. The lowest BCUT2D eigenvalue weighted by molar-refractivity contribution is -0.146. The molecule has 16 heteroatoms. The maximum Gasteiger partial charge on any atom is 0.330 e. The van der Waals surface area contributed by atoms with Crippen molar-refractivity contribution in [1.29, 1.82) is 0 Å². The van der Waals surface area contributed by atoms with Crippen LogP contribution in [0.5, 0.6) is 0 Å². The van der Waals surface area contributed by atoms with Gasteiger partial charge < -0.3 is 43.0 Å². The van der Waals surface area contributed by atoms with E-state index in [0.29, 0.717) is 76.3 Å². The molecule has 2 aromatic rings. The number of hydrogen-bond donors (Lipinski definition) is 0. The standard InChI is InChI=1S/C49H70N4O12/c1-7-43(54)63-32-29-60-36-48(9-3,37-61-30-33-64-44(55)8-2)38-62-31-34-65-45(56)19-20-51-21-23-53(24-22-51)47(58)41-13-11-39(12-14-41)35-49(10-4,50(5)6)46(57)40-15-17-42(18-16-40)52-25-27-59-28-26-52/h7-8,11-18H,1-2,9-10,19-38H2,3-6H3. The van der Waals surface area contributed by atoms with E-state index in [9.17, 15) is 24.0 Å². The molecule has 16 nitrogen and oxygen atoms in total. The third-order valence-electron chi connectivity index (χ3n) is 12.1. The lowest BCUT2D eigenvalue weighted by atomic mass is 9.80. The minimum absolute atomic E-state index is 0.0466. The van der Waals surface area contributed by atoms with Crippen LogP contribution in [0.3, 0.4) is 0 Å². The number of piperazine rings is 1. The van der Waals surface area contributed by atoms with Gasteiger partial charge in [0.15, 0.2) is 5.78 Å². The van der Waals surface area contributed by atoms with Crippen LogP contribution in [0.25, 0.3) is 0 Å². The number of ether oxygens (including phenoxy) is 7. The van der Waals surface area contributed by atoms with Crippen molar-refractivity contribution in [2.24, 2.45) is 5.41 Å². The van der Waals surface area contributed by atoms with Crippen molar-refractivity contribution in [3.63, 3.8) is 0 Å². The molecule has 2 saturated heterocycles. The summed E-state index contributed by atoms with van der Waals surface area (Å²) in [4.78, 5) is 71.3. The fraction of sp³-hybridized carbons (Fsp3) is 0.571. The van der Waals surface area contributed by atoms with Crippen molar-refractivity contribution in [2.75, 3.05) is 137 Å². The van der Waals surface area contributed by atoms with Crippen LogP contribution in [0.4, 0.5) is 5.69 Å². The highest BCUT2D eigenvalue weighted by Crippen LogP contribution is 2.30. The molecule has 2 aromatic carbocycles. The predicted octanol–water partition coefficient (Wildman–Crippen LogP) is 4.25. The number of nitrogens with zero attached hydrogens (tertiary/aromatic N) is 4. The van der Waals surface area contributed by atoms with Gasteiger partial charge in [0, 0.05) is 80.2 Å². The van der Waals surface area contributed by atoms with Crippen molar-refractivity contribution in [3.8, 4) is 0 Å². The average molecular weight is 907 g/mol. The second-order valence-corrected chi connectivity index (χ2v) is 16.5. The zero-order chi connectivity index (χ0) is 47.1. The Morgan fingerprint density at radius 1 is 0.677 bits per heavy atom. The Labute approximate surface area is 384 Å². The summed E-state index contributed by atoms with van der Waals surface area (Å²) in [5, 5.41) is 0. The van der Waals surface area contributed by atoms with Crippen LogP contribution in [0.15, 0.2) is 73.8 Å². The summed E-state index contributed by atoms with van der Waals surface area (Å²) in [6.07, 6.45) is 4.13. The molecule has 0 saturated carbocycles. The maximum absolute atomic E-state index is 14.2. The number of likely N-dealkylation sites (N-methyl/N-ethyl adjacent to an activating group) is 1. The van der Waals surface area contributed by atoms with Gasteiger partial charge in [-0.3, -0.25) is 24.2 Å². The quantitative estimate of drug-likeness (QED) is 0.0374. The van der Waals surface area contributed by atoms with Gasteiger partial charge in [0.05, 0.1) is 64.8 Å². The molecule has 1 amide bonds. The van der Waals surface area contributed by atoms with E-state index in [4.69, 9.17) is 33.2 Å². The number of Topliss-reactive ketones (excluding diaryl/α,β-unsaturated/α-hetero) is 1. The molecule has 0 radical (unpaired) electrons. The molecule has 1 unspecified atom stereocenters. The van der Waals surface area contributed by atoms with E-state index >= 15 is 0 Å². The molecule has 65 heavy (non-hydrogen) atoms. The van der Waals surface area contributed by atoms with Crippen molar-refractivity contribution in [3.05, 3.63) is 90.5 Å². The first-order valence-electron chi connectivity index (χ1n) is 22.6. The number of benzene rings is 2. The van der Waals surface area contributed by atoms with Gasteiger partial charge in [0.2, 0.25) is 0 Å². The Kier molecular flexibility index (Phi) is 22.3. The summed E-state index contributed by atoms with van der Waals surface area (Å²) in [5.41, 5.74) is 2.03. The molecule has 1 atom stereocenters. The molecular formula is C49H70N4O12. The molecule has 0 aliphatic carbocycles. The maximum atomic E-state index is 14.2. The third-order valence-corrected chi connectivity index (χ3v) is 12.1. The SMILES string of the molecule is C=CC(=O)OCCOCC(CC)(COCCOC(=O)C=C)COCCOC(=O)CCN1CCN(C(=O)c2ccc(CC(CC)(C(=O)c3ccc(N4CCOCC4)cc3)N(C)C)cc2)CC1. The van der Waals surface area contributed by atoms with E-state index in [-0.39, 0.29) is 83.5 Å². The Balaban J connectivity index is 1.18. The molecule has 2 fully saturated rings. The number of hydrogen-bond acceptors (Lipinski definition) is 15. The zero-order valence-corrected chi connectivity index (χ0v) is 38.9. The largest absolute Gasteiger partial charge is 0.463 e. The Hall–Kier alpha value is -4.97. The molecule has 0 N–H and O–H groups in total. The summed E-state index contributed by atoms with van der Waals surface area (Å²) in [5.74, 6) is -1.38. The van der Waals surface area contributed by atoms with Crippen LogP contribution < -0.4 is 4.90 Å². The second kappa shape index (κ2) is 27.5. The van der Waals surface area contributed by atoms with E-state index < -0.39 is 22.9 Å². The smallest absolute Gasteiger partial charge is 0.330 e. The fourth-order valence-electron chi connectivity index (χ4n) is 7.77. The van der Waals surface area contributed by atoms with Crippen molar-refractivity contribution in [1.82, 2.24) is 14.7 Å². The van der Waals surface area contributed by atoms with Gasteiger partial charge in [-0.25, -0.2) is 9.59 Å². The van der Waals surface area contributed by atoms with Crippen LogP contribution in [0.2, 0.25) is 0 Å². The normalized spacial score (nSPS) is 15.5. The van der Waals surface area contributed by atoms with Gasteiger partial charge in [-0.15, -0.1) is 0 Å². The minimum atomic E-state index is -0.753. The van der Waals surface area contributed by atoms with Crippen molar-refractivity contribution >= 4 is 35.3 Å². The van der Waals surface area contributed by atoms with Gasteiger partial charge >= 0.3 is 17.9 Å². The number of carbonyl (C=O) groups is 5. The summed E-state index contributed by atoms with van der Waals surface area (Å²) < 4.78 is 38.4. The molecule has 0 aromatic heterocycles. The molecule has 0 bridgehead atoms. The lowest BCUT2D eigenvalue weighted by Crippen LogP contribution is -2.52. The highest BCUT2D eigenvalue weighted by Gasteiger charge is 2.40. The van der Waals surface area contributed by atoms with Crippen molar-refractivity contribution in [2.45, 2.75) is 45.1 Å². The Morgan fingerprint density at radius 3 is 1.69 bits per heavy atom. The van der Waals surface area contributed by atoms with E-state index in [1.165, 1.54) is 0 Å². The zero-order valence-electron chi connectivity index (χ0n) is 38.9. The van der Waals surface area contributed by atoms with E-state index in [1.54, 1.807) is 0 Å². The summed E-state index contributed by atoms with van der Waals surface area (Å²) in [6, 6.07) is 15.5. The van der Waals surface area contributed by atoms with E-state index in [1.807, 2.05) is 86.3 Å². The predicted molar refractivity (Wildman–Crippen MR) is 246 cm³/mol. The van der Waals surface area contributed by atoms with Gasteiger partial charge in [-0.05, 0) is 75.3 Å². The van der Waals surface area contributed by atoms with Gasteiger partial charge in [0.25, 0.3) is 5.91 Å². The highest BCUT2D eigenvalue weighted by atomic mass is 16.6. The van der Waals surface area contributed by atoms with Crippen LogP contribution in [0, 0.1) is 5.41 Å². The topological polar surface area (TPSA) is 163 Å². The number of ketones is 1. The van der Waals surface area contributed by atoms with Crippen LogP contribution in [-0.2, 0) is 54.0 Å². The monoisotopic (exact) mass is 906 g/mol. The molecule has 2 aliphatic heterocycles. The lowest BCUT2D eigenvalue weighted by Gasteiger charge is -2.38. The van der Waals surface area contributed by atoms with Crippen LogP contribution in [-0.4, -0.2) is 182 Å². The van der Waals surface area contributed by atoms with Crippen LogP contribution in [0.1, 0.15) is 59.4 Å². The summed E-state index contributed by atoms with van der Waals surface area (Å²) in [6.45, 7) is 18.1. The van der Waals surface area contributed by atoms with Crippen LogP contribution >= 0.6 is 0 Å². The summed E-state index contributed by atoms with van der Waals surface area (Å²) in [7, 11) is 3.90. The molecular weight excluding hydrogens is 837 g/mol. The van der Waals surface area contributed by atoms with Crippen molar-refractivity contribution < 1.29 is 57.1 Å². The molecule has 2 aliphatic rings. The number of amides is 1. The van der Waals surface area contributed by atoms with E-state index in [0.717, 1.165) is 36.5 Å². The van der Waals surface area contributed by atoms with E-state index in [2.05, 4.69) is 23.0 Å². The number of rotatable bonds is 29. The Morgan fingerprint density at radius 2 is 1.20 bits per heavy atom. The fourth-order valence-corrected chi connectivity index (χ4v) is 7.77. The van der Waals surface area contributed by atoms with Gasteiger partial charge in [-0.1, -0.05) is 39.1 Å². The molecule has 2 heterocycles. The number of anilines is 1. The van der Waals surface area contributed by atoms with Gasteiger partial charge in [0.1, 0.15) is 19.8 Å². The average Bonchev–Trinajstić information content (AvgIpc) is 3.34. The first-order valence-corrected chi connectivity index (χ1v) is 22.6. The van der Waals surface area contributed by atoms with Gasteiger partial charge in [-0.2, -0.15) is 0 Å². The molecule has 358 valence electrons. The number of esters is 3. The second-order valence-electron chi connectivity index (χ2n) is 16.5. The summed E-state index contributed by atoms with van der Waals surface area (Å²) >= 11 is 0. The molecule has 4 rings (SSSR count).